The average molecular weight is 493 g/mol. The van der Waals surface area contributed by atoms with Crippen molar-refractivity contribution in [2.75, 3.05) is 18.4 Å². The van der Waals surface area contributed by atoms with E-state index in [2.05, 4.69) is 15.3 Å². The minimum atomic E-state index is -3.57. The monoisotopic (exact) mass is 492 g/mol. The number of carbonyl (C=O) groups excluding carboxylic acids is 1. The molecular weight excluding hydrogens is 464 g/mol. The molecule has 1 aromatic carbocycles. The van der Waals surface area contributed by atoms with Gasteiger partial charge in [-0.1, -0.05) is 6.07 Å². The number of benzene rings is 1. The molecule has 0 saturated carbocycles. The predicted octanol–water partition coefficient (Wildman–Crippen LogP) is 3.58. The number of fused-ring (bicyclic) bond motifs is 1. The number of aromatic nitrogens is 2. The highest BCUT2D eigenvalue weighted by Crippen LogP contribution is 2.29. The second-order valence-electron chi connectivity index (χ2n) is 8.95. The van der Waals surface area contributed by atoms with Gasteiger partial charge in [0.1, 0.15) is 6.61 Å². The van der Waals surface area contributed by atoms with Crippen molar-refractivity contribution < 1.29 is 17.9 Å². The standard InChI is InChI=1S/C26H28N4O4S/c31-26(29-25-24(5-2-12-28-25)34-18-19-8-13-27-14-9-19)21-10-15-30(16-11-21)35(32,33)23-7-6-20-3-1-4-22(20)17-23/h2,5-9,12-14,17,21H,1,3-4,10-11,15-16,18H2,(H,28,29,31). The lowest BCUT2D eigenvalue weighted by Crippen LogP contribution is -2.41. The van der Waals surface area contributed by atoms with Gasteiger partial charge in [-0.3, -0.25) is 9.78 Å². The molecule has 182 valence electrons. The first-order valence-corrected chi connectivity index (χ1v) is 13.3. The van der Waals surface area contributed by atoms with E-state index in [1.54, 1.807) is 36.8 Å². The fourth-order valence-corrected chi connectivity index (χ4v) is 6.20. The summed E-state index contributed by atoms with van der Waals surface area (Å²) < 4.78 is 33.7. The maximum Gasteiger partial charge on any atom is 0.243 e. The summed E-state index contributed by atoms with van der Waals surface area (Å²) in [7, 11) is -3.57. The van der Waals surface area contributed by atoms with E-state index in [4.69, 9.17) is 4.74 Å². The second kappa shape index (κ2) is 10.1. The molecule has 0 radical (unpaired) electrons. The third-order valence-corrected chi connectivity index (χ3v) is 8.58. The Morgan fingerprint density at radius 2 is 1.80 bits per heavy atom. The Hall–Kier alpha value is -3.30. The molecule has 1 fully saturated rings. The molecule has 0 spiro atoms. The number of piperidine rings is 1. The molecule has 8 nitrogen and oxygen atoms in total. The Morgan fingerprint density at radius 3 is 2.60 bits per heavy atom. The van der Waals surface area contributed by atoms with Gasteiger partial charge < -0.3 is 10.1 Å². The lowest BCUT2D eigenvalue weighted by molar-refractivity contribution is -0.120. The lowest BCUT2D eigenvalue weighted by Gasteiger charge is -2.30. The molecule has 1 saturated heterocycles. The van der Waals surface area contributed by atoms with Gasteiger partial charge in [-0.15, -0.1) is 0 Å². The molecule has 1 aliphatic carbocycles. The van der Waals surface area contributed by atoms with Crippen LogP contribution >= 0.6 is 0 Å². The number of nitrogens with one attached hydrogen (secondary N) is 1. The van der Waals surface area contributed by atoms with Crippen molar-refractivity contribution in [2.24, 2.45) is 5.92 Å². The van der Waals surface area contributed by atoms with E-state index in [-0.39, 0.29) is 11.8 Å². The number of carbonyl (C=O) groups is 1. The van der Waals surface area contributed by atoms with Crippen molar-refractivity contribution in [3.63, 3.8) is 0 Å². The molecule has 2 aliphatic rings. The molecule has 35 heavy (non-hydrogen) atoms. The number of anilines is 1. The number of hydrogen-bond acceptors (Lipinski definition) is 6. The molecule has 3 aromatic rings. The second-order valence-corrected chi connectivity index (χ2v) is 10.9. The molecular formula is C26H28N4O4S. The van der Waals surface area contributed by atoms with Crippen molar-refractivity contribution in [2.45, 2.75) is 43.6 Å². The van der Waals surface area contributed by atoms with Gasteiger partial charge in [0.25, 0.3) is 0 Å². The Kier molecular flexibility index (Phi) is 6.79. The number of hydrogen-bond donors (Lipinski definition) is 1. The normalized spacial score (nSPS) is 16.6. The van der Waals surface area contributed by atoms with E-state index in [1.165, 1.54) is 9.87 Å². The zero-order valence-electron chi connectivity index (χ0n) is 19.4. The van der Waals surface area contributed by atoms with Gasteiger partial charge in [0.15, 0.2) is 11.6 Å². The van der Waals surface area contributed by atoms with Crippen LogP contribution in [0.5, 0.6) is 5.75 Å². The molecule has 9 heteroatoms. The smallest absolute Gasteiger partial charge is 0.243 e. The topological polar surface area (TPSA) is 101 Å². The van der Waals surface area contributed by atoms with Crippen LogP contribution in [0.25, 0.3) is 0 Å². The zero-order chi connectivity index (χ0) is 24.3. The zero-order valence-corrected chi connectivity index (χ0v) is 20.2. The van der Waals surface area contributed by atoms with Crippen LogP contribution in [-0.4, -0.2) is 41.7 Å². The van der Waals surface area contributed by atoms with Crippen LogP contribution in [0.4, 0.5) is 5.82 Å². The minimum Gasteiger partial charge on any atom is -0.485 e. The fourth-order valence-electron chi connectivity index (χ4n) is 4.68. The number of sulfonamides is 1. The third kappa shape index (κ3) is 5.21. The highest BCUT2D eigenvalue weighted by Gasteiger charge is 2.33. The fraction of sp³-hybridized carbons (Fsp3) is 0.346. The van der Waals surface area contributed by atoms with Crippen LogP contribution in [0.3, 0.4) is 0 Å². The summed E-state index contributed by atoms with van der Waals surface area (Å²) in [5.74, 6) is 0.373. The first-order valence-electron chi connectivity index (χ1n) is 11.9. The highest BCUT2D eigenvalue weighted by atomic mass is 32.2. The third-order valence-electron chi connectivity index (χ3n) is 6.69. The molecule has 5 rings (SSSR count). The first kappa shape index (κ1) is 23.4. The number of rotatable bonds is 7. The Morgan fingerprint density at radius 1 is 1.03 bits per heavy atom. The molecule has 0 atom stereocenters. The maximum atomic E-state index is 13.2. The molecule has 2 aromatic heterocycles. The summed E-state index contributed by atoms with van der Waals surface area (Å²) in [6, 6.07) is 12.7. The summed E-state index contributed by atoms with van der Waals surface area (Å²) in [6.07, 6.45) is 8.92. The van der Waals surface area contributed by atoms with Crippen LogP contribution in [-0.2, 0) is 34.3 Å². The van der Waals surface area contributed by atoms with Crippen LogP contribution in [0.15, 0.2) is 66.0 Å². The summed E-state index contributed by atoms with van der Waals surface area (Å²) in [6.45, 7) is 0.951. The summed E-state index contributed by atoms with van der Waals surface area (Å²) in [5, 5.41) is 2.87. The predicted molar refractivity (Wildman–Crippen MR) is 131 cm³/mol. The van der Waals surface area contributed by atoms with Crippen LogP contribution in [0, 0.1) is 5.92 Å². The average Bonchev–Trinajstić information content (AvgIpc) is 3.37. The minimum absolute atomic E-state index is 0.174. The van der Waals surface area contributed by atoms with Gasteiger partial charge in [-0.2, -0.15) is 4.31 Å². The molecule has 0 unspecified atom stereocenters. The first-order chi connectivity index (χ1) is 17.0. The van der Waals surface area contributed by atoms with Crippen LogP contribution in [0.2, 0.25) is 0 Å². The van der Waals surface area contributed by atoms with Gasteiger partial charge in [0, 0.05) is 37.6 Å². The van der Waals surface area contributed by atoms with E-state index in [0.29, 0.717) is 49.0 Å². The Balaban J connectivity index is 1.19. The van der Waals surface area contributed by atoms with Crippen LogP contribution in [0.1, 0.15) is 36.0 Å². The molecule has 1 amide bonds. The van der Waals surface area contributed by atoms with Crippen molar-refractivity contribution >= 4 is 21.7 Å². The van der Waals surface area contributed by atoms with Gasteiger partial charge in [-0.05, 0) is 85.2 Å². The summed E-state index contributed by atoms with van der Waals surface area (Å²) in [5.41, 5.74) is 3.34. The number of ether oxygens (including phenoxy) is 1. The largest absolute Gasteiger partial charge is 0.485 e. The van der Waals surface area contributed by atoms with Gasteiger partial charge >= 0.3 is 0 Å². The summed E-state index contributed by atoms with van der Waals surface area (Å²) in [4.78, 5) is 21.6. The van der Waals surface area contributed by atoms with Crippen molar-refractivity contribution in [1.82, 2.24) is 14.3 Å². The Labute approximate surface area is 205 Å². The lowest BCUT2D eigenvalue weighted by atomic mass is 9.97. The van der Waals surface area contributed by atoms with Crippen LogP contribution < -0.4 is 10.1 Å². The van der Waals surface area contributed by atoms with E-state index >= 15 is 0 Å². The van der Waals surface area contributed by atoms with Gasteiger partial charge in [0.2, 0.25) is 15.9 Å². The van der Waals surface area contributed by atoms with Gasteiger partial charge in [-0.25, -0.2) is 13.4 Å². The maximum absolute atomic E-state index is 13.2. The molecule has 3 heterocycles. The van der Waals surface area contributed by atoms with Crippen molar-refractivity contribution in [3.05, 3.63) is 77.7 Å². The van der Waals surface area contributed by atoms with Crippen molar-refractivity contribution in [1.29, 1.82) is 0 Å². The van der Waals surface area contributed by atoms with Crippen molar-refractivity contribution in [3.8, 4) is 5.75 Å². The molecule has 0 bridgehead atoms. The number of amides is 1. The summed E-state index contributed by atoms with van der Waals surface area (Å²) >= 11 is 0. The Bertz CT molecular complexity index is 1310. The quantitative estimate of drug-likeness (QED) is 0.541. The molecule has 1 aliphatic heterocycles. The SMILES string of the molecule is O=C(Nc1ncccc1OCc1ccncc1)C1CCN(S(=O)(=O)c2ccc3c(c2)CCC3)CC1. The molecule has 1 N–H and O–H groups in total. The van der Waals surface area contributed by atoms with E-state index < -0.39 is 10.0 Å². The number of aryl methyl sites for hydroxylation is 2. The van der Waals surface area contributed by atoms with E-state index in [0.717, 1.165) is 30.4 Å². The highest BCUT2D eigenvalue weighted by molar-refractivity contribution is 7.89. The van der Waals surface area contributed by atoms with Gasteiger partial charge in [0.05, 0.1) is 4.90 Å². The number of pyridine rings is 2. The van der Waals surface area contributed by atoms with E-state index in [1.807, 2.05) is 24.3 Å². The van der Waals surface area contributed by atoms with E-state index in [9.17, 15) is 13.2 Å². The number of nitrogens with zero attached hydrogens (tertiary/aromatic N) is 3.